The SMILES string of the molecule is COc1cc2c(cc1OC(=O)OC(C)(C)C)CCN[C@]21CS[C@@H]2c3c(OC(=O)[C@H](C)NC(=O)OC(C)(C)C)c(C)c4c(c3[C@H](COC1=O)N1C2[C@H]2c3c(cc(C)c(OC)c3O)C[C@@H]([C@@H]1C#N)N2C)OCO4. The first-order valence-electron chi connectivity index (χ1n) is 23.6. The van der Waals surface area contributed by atoms with E-state index in [1.165, 1.54) is 32.9 Å². The molecule has 4 bridgehead atoms. The zero-order valence-corrected chi connectivity index (χ0v) is 42.8. The maximum Gasteiger partial charge on any atom is 0.514 e. The van der Waals surface area contributed by atoms with Crippen LogP contribution in [0.3, 0.4) is 0 Å². The van der Waals surface area contributed by atoms with Crippen molar-refractivity contribution in [2.75, 3.05) is 47.0 Å². The van der Waals surface area contributed by atoms with Crippen LogP contribution in [0, 0.1) is 25.2 Å². The Hall–Kier alpha value is -6.14. The smallest absolute Gasteiger partial charge is 0.504 e. The molecule has 7 aliphatic heterocycles. The summed E-state index contributed by atoms with van der Waals surface area (Å²) in [7, 11) is 4.89. The summed E-state index contributed by atoms with van der Waals surface area (Å²) >= 11 is 1.39. The van der Waals surface area contributed by atoms with Crippen LogP contribution >= 0.6 is 11.8 Å². The summed E-state index contributed by atoms with van der Waals surface area (Å²) in [5.74, 6) is 0.0300. The van der Waals surface area contributed by atoms with E-state index in [-0.39, 0.29) is 48.2 Å². The number of phenols is 1. The van der Waals surface area contributed by atoms with Crippen LogP contribution in [0.4, 0.5) is 9.59 Å². The quantitative estimate of drug-likeness (QED) is 0.104. The third kappa shape index (κ3) is 8.47. The standard InChI is InChI=1S/C51H61N5O14S/c1-23-15-27-16-29-30(19-52)56-31-20-64-46(59)51(28-18-32(62-11)33(17-26(28)13-14-53-51)67-48(61)70-50(7,8)9)21-71-44(38(56)37(55(29)10)34(27)39(57)40(23)63-12)36-35(31)43-42(65-22-66-43)24(2)41(36)68-45(58)25(3)54-47(60)69-49(4,5)6/h15,17-18,25,29-31,37-38,44,53,57H,13-14,16,20-22H2,1-12H3,(H,54,60)/t25-,29-,30-,31-,37+,38?,44+,51+/m0/s1. The van der Waals surface area contributed by atoms with Crippen molar-refractivity contribution < 1.29 is 66.9 Å². The van der Waals surface area contributed by atoms with Crippen molar-refractivity contribution in [2.24, 2.45) is 0 Å². The topological polar surface area (TPSA) is 226 Å². The fraction of sp³-hybridized carbons (Fsp3) is 0.549. The number of hydrogen-bond donors (Lipinski definition) is 3. The molecule has 3 N–H and O–H groups in total. The number of phenolic OH excluding ortho intramolecular Hbond substituents is 1. The van der Waals surface area contributed by atoms with Crippen LogP contribution in [0.5, 0.6) is 40.2 Å². The van der Waals surface area contributed by atoms with E-state index >= 15 is 4.79 Å². The Labute approximate surface area is 416 Å². The maximum atomic E-state index is 15.2. The van der Waals surface area contributed by atoms with Crippen LogP contribution in [-0.4, -0.2) is 121 Å². The Kier molecular flexibility index (Phi) is 12.7. The van der Waals surface area contributed by atoms with Gasteiger partial charge in [-0.2, -0.15) is 5.26 Å². The summed E-state index contributed by atoms with van der Waals surface area (Å²) in [5, 5.41) is 29.0. The molecule has 19 nitrogen and oxygen atoms in total. The second-order valence-electron chi connectivity index (χ2n) is 20.8. The van der Waals surface area contributed by atoms with E-state index in [1.54, 1.807) is 60.6 Å². The van der Waals surface area contributed by atoms with Crippen LogP contribution in [0.15, 0.2) is 18.2 Å². The normalized spacial score (nSPS) is 25.8. The predicted molar refractivity (Wildman–Crippen MR) is 256 cm³/mol. The molecule has 0 aliphatic carbocycles. The van der Waals surface area contributed by atoms with Gasteiger partial charge in [0.2, 0.25) is 6.79 Å². The van der Waals surface area contributed by atoms with Crippen LogP contribution < -0.4 is 39.1 Å². The number of nitrogens with zero attached hydrogens (tertiary/aromatic N) is 3. The van der Waals surface area contributed by atoms with Crippen LogP contribution in [-0.2, 0) is 42.2 Å². The average molecular weight is 1000 g/mol. The highest BCUT2D eigenvalue weighted by molar-refractivity contribution is 7.99. The molecule has 10 rings (SSSR count). The average Bonchev–Trinajstić information content (AvgIpc) is 3.78. The van der Waals surface area contributed by atoms with Crippen LogP contribution in [0.25, 0.3) is 0 Å². The number of amides is 1. The largest absolute Gasteiger partial charge is 0.514 e. The lowest BCUT2D eigenvalue weighted by molar-refractivity contribution is -0.157. The Balaban J connectivity index is 1.25. The number of hydrogen-bond acceptors (Lipinski definition) is 19. The van der Waals surface area contributed by atoms with Crippen molar-refractivity contribution in [2.45, 2.75) is 133 Å². The number of aromatic hydroxyl groups is 1. The van der Waals surface area contributed by atoms with E-state index in [4.69, 9.17) is 42.6 Å². The Bertz CT molecular complexity index is 2760. The molecule has 0 aromatic heterocycles. The van der Waals surface area contributed by atoms with Crippen molar-refractivity contribution in [3.8, 4) is 46.3 Å². The molecule has 20 heteroatoms. The van der Waals surface area contributed by atoms with E-state index in [1.807, 2.05) is 20.0 Å². The molecule has 3 aromatic rings. The molecule has 1 amide bonds. The van der Waals surface area contributed by atoms with Gasteiger partial charge in [-0.1, -0.05) is 6.07 Å². The molecular formula is C51H61N5O14S. The molecular weight excluding hydrogens is 939 g/mol. The van der Waals surface area contributed by atoms with Crippen molar-refractivity contribution in [1.82, 2.24) is 20.4 Å². The molecule has 1 spiro atoms. The Morgan fingerprint density at radius 2 is 1.66 bits per heavy atom. The molecule has 2 saturated heterocycles. The van der Waals surface area contributed by atoms with Crippen molar-refractivity contribution in [3.05, 3.63) is 62.7 Å². The molecule has 380 valence electrons. The Morgan fingerprint density at radius 1 is 0.944 bits per heavy atom. The van der Waals surface area contributed by atoms with Gasteiger partial charge >= 0.3 is 24.2 Å². The number of rotatable bonds is 6. The summed E-state index contributed by atoms with van der Waals surface area (Å²) in [6, 6.07) is 3.44. The molecule has 3 aromatic carbocycles. The first-order valence-corrected chi connectivity index (χ1v) is 24.7. The number of nitriles is 1. The molecule has 71 heavy (non-hydrogen) atoms. The number of carbonyl (C=O) groups is 4. The number of nitrogens with one attached hydrogen (secondary N) is 2. The lowest BCUT2D eigenvalue weighted by atomic mass is 9.71. The third-order valence-electron chi connectivity index (χ3n) is 14.0. The third-order valence-corrected chi connectivity index (χ3v) is 15.5. The minimum Gasteiger partial charge on any atom is -0.504 e. The monoisotopic (exact) mass is 999 g/mol. The number of esters is 2. The van der Waals surface area contributed by atoms with E-state index < -0.39 is 76.4 Å². The van der Waals surface area contributed by atoms with E-state index in [0.29, 0.717) is 70.0 Å². The molecule has 2 fully saturated rings. The summed E-state index contributed by atoms with van der Waals surface area (Å²) in [4.78, 5) is 59.8. The second kappa shape index (κ2) is 18.2. The molecule has 7 heterocycles. The van der Waals surface area contributed by atoms with Crippen molar-refractivity contribution in [3.63, 3.8) is 0 Å². The fourth-order valence-electron chi connectivity index (χ4n) is 11.2. The number of thioether (sulfide) groups is 1. The van der Waals surface area contributed by atoms with Gasteiger partial charge in [-0.15, -0.1) is 11.8 Å². The van der Waals surface area contributed by atoms with Crippen molar-refractivity contribution >= 4 is 35.9 Å². The van der Waals surface area contributed by atoms with E-state index in [0.717, 1.165) is 11.1 Å². The van der Waals surface area contributed by atoms with Gasteiger partial charge in [-0.25, -0.2) is 19.2 Å². The molecule has 1 unspecified atom stereocenters. The summed E-state index contributed by atoms with van der Waals surface area (Å²) < 4.78 is 53.8. The highest BCUT2D eigenvalue weighted by Crippen LogP contribution is 2.65. The molecule has 8 atom stereocenters. The molecule has 0 saturated carbocycles. The second-order valence-corrected chi connectivity index (χ2v) is 22.0. The number of benzene rings is 3. The number of fused-ring (bicyclic) bond motifs is 9. The summed E-state index contributed by atoms with van der Waals surface area (Å²) in [6.45, 7) is 15.3. The van der Waals surface area contributed by atoms with Crippen molar-refractivity contribution in [1.29, 1.82) is 5.26 Å². The zero-order chi connectivity index (χ0) is 51.2. The van der Waals surface area contributed by atoms with Gasteiger partial charge in [-0.05, 0) is 117 Å². The predicted octanol–water partition coefficient (Wildman–Crippen LogP) is 6.49. The van der Waals surface area contributed by atoms with Crippen LogP contribution in [0.2, 0.25) is 0 Å². The van der Waals surface area contributed by atoms with Gasteiger partial charge in [0, 0.05) is 46.6 Å². The lowest BCUT2D eigenvalue weighted by Gasteiger charge is -2.62. The van der Waals surface area contributed by atoms with Gasteiger partial charge in [0.15, 0.2) is 40.0 Å². The first-order chi connectivity index (χ1) is 33.5. The number of ether oxygens (including phenoxy) is 9. The van der Waals surface area contributed by atoms with Gasteiger partial charge in [0.05, 0.1) is 37.6 Å². The minimum atomic E-state index is -1.53. The lowest BCUT2D eigenvalue weighted by Crippen LogP contribution is -2.69. The molecule has 7 aliphatic rings. The number of alkyl carbamates (subject to hydrolysis) is 1. The van der Waals surface area contributed by atoms with Gasteiger partial charge < -0.3 is 53.1 Å². The number of likely N-dealkylation sites (N-methyl/N-ethyl adjacent to an activating group) is 1. The first kappa shape index (κ1) is 49.8. The van der Waals surface area contributed by atoms with Gasteiger partial charge in [0.25, 0.3) is 0 Å². The maximum absolute atomic E-state index is 15.2. The highest BCUT2D eigenvalue weighted by Gasteiger charge is 2.62. The van der Waals surface area contributed by atoms with Crippen LogP contribution in [0.1, 0.15) is 110 Å². The zero-order valence-electron chi connectivity index (χ0n) is 42.0. The Morgan fingerprint density at radius 3 is 2.34 bits per heavy atom. The van der Waals surface area contributed by atoms with E-state index in [2.05, 4.69) is 26.5 Å². The number of piperazine rings is 1. The summed E-state index contributed by atoms with van der Waals surface area (Å²) in [6.07, 6.45) is -0.868. The highest BCUT2D eigenvalue weighted by atomic mass is 32.2. The number of carbonyl (C=O) groups excluding carboxylic acids is 4. The van der Waals surface area contributed by atoms with Gasteiger partial charge in [-0.3, -0.25) is 15.1 Å². The minimum absolute atomic E-state index is 0.0119. The van der Waals surface area contributed by atoms with Gasteiger partial charge in [0.1, 0.15) is 35.6 Å². The molecule has 0 radical (unpaired) electrons. The van der Waals surface area contributed by atoms with E-state index in [9.17, 15) is 24.8 Å². The fourth-order valence-corrected chi connectivity index (χ4v) is 12.9. The summed E-state index contributed by atoms with van der Waals surface area (Å²) in [5.41, 5.74) is 1.78. The number of methoxy groups -OCH3 is 2. The number of aryl methyl sites for hydroxylation is 1.